The molecule has 2 heterocycles. The molecule has 2 unspecified atom stereocenters. The van der Waals surface area contributed by atoms with E-state index in [4.69, 9.17) is 0 Å². The molecule has 5 heteroatoms. The number of hydrogen-bond acceptors (Lipinski definition) is 4. The van der Waals surface area contributed by atoms with Crippen molar-refractivity contribution in [1.82, 2.24) is 0 Å². The SMILES string of the molecule is CCC(C)(C)C1CCc2c(sc(NC(=O)CN3c4ccccc4CC3C)c2C#N)C1. The van der Waals surface area contributed by atoms with E-state index in [2.05, 4.69) is 62.2 Å². The van der Waals surface area contributed by atoms with Crippen LogP contribution in [0, 0.1) is 22.7 Å². The molecule has 1 amide bonds. The zero-order valence-corrected chi connectivity index (χ0v) is 19.2. The fraction of sp³-hybridized carbons (Fsp3) is 0.520. The summed E-state index contributed by atoms with van der Waals surface area (Å²) in [5.41, 5.74) is 4.60. The lowest BCUT2D eigenvalue weighted by atomic mass is 9.69. The summed E-state index contributed by atoms with van der Waals surface area (Å²) in [5.74, 6) is 0.588. The average molecular weight is 422 g/mol. The van der Waals surface area contributed by atoms with Gasteiger partial charge >= 0.3 is 0 Å². The van der Waals surface area contributed by atoms with Crippen LogP contribution in [0.5, 0.6) is 0 Å². The van der Waals surface area contributed by atoms with Crippen molar-refractivity contribution in [2.75, 3.05) is 16.8 Å². The summed E-state index contributed by atoms with van der Waals surface area (Å²) in [5, 5.41) is 13.6. The number of nitrogens with zero attached hydrogens (tertiary/aromatic N) is 2. The fourth-order valence-corrected chi connectivity index (χ4v) is 6.23. The summed E-state index contributed by atoms with van der Waals surface area (Å²) < 4.78 is 0. The lowest BCUT2D eigenvalue weighted by Crippen LogP contribution is -2.37. The number of carbonyl (C=O) groups excluding carboxylic acids is 1. The number of carbonyl (C=O) groups is 1. The molecule has 1 aliphatic heterocycles. The second-order valence-electron chi connectivity index (χ2n) is 9.46. The third-order valence-electron chi connectivity index (χ3n) is 7.31. The van der Waals surface area contributed by atoms with Crippen molar-refractivity contribution in [1.29, 1.82) is 5.26 Å². The molecule has 158 valence electrons. The number of anilines is 2. The number of rotatable bonds is 5. The minimum absolute atomic E-state index is 0.0425. The molecule has 4 nitrogen and oxygen atoms in total. The van der Waals surface area contributed by atoms with E-state index in [1.807, 2.05) is 6.07 Å². The van der Waals surface area contributed by atoms with E-state index < -0.39 is 0 Å². The highest BCUT2D eigenvalue weighted by Crippen LogP contribution is 2.45. The summed E-state index contributed by atoms with van der Waals surface area (Å²) in [6, 6.07) is 11.0. The Balaban J connectivity index is 1.51. The molecule has 4 rings (SSSR count). The largest absolute Gasteiger partial charge is 0.359 e. The van der Waals surface area contributed by atoms with Crippen LogP contribution < -0.4 is 10.2 Å². The first-order chi connectivity index (χ1) is 14.3. The van der Waals surface area contributed by atoms with E-state index >= 15 is 0 Å². The summed E-state index contributed by atoms with van der Waals surface area (Å²) in [6.45, 7) is 9.43. The Kier molecular flexibility index (Phi) is 5.63. The number of para-hydroxylation sites is 1. The molecule has 2 aromatic rings. The molecule has 1 aliphatic carbocycles. The maximum atomic E-state index is 12.9. The van der Waals surface area contributed by atoms with Gasteiger partial charge in [-0.05, 0) is 61.1 Å². The van der Waals surface area contributed by atoms with Gasteiger partial charge in [-0.2, -0.15) is 5.26 Å². The van der Waals surface area contributed by atoms with Crippen molar-refractivity contribution in [2.45, 2.75) is 65.8 Å². The predicted molar refractivity (Wildman–Crippen MR) is 124 cm³/mol. The van der Waals surface area contributed by atoms with Crippen molar-refractivity contribution in [3.8, 4) is 6.07 Å². The van der Waals surface area contributed by atoms with Gasteiger partial charge in [-0.15, -0.1) is 11.3 Å². The normalized spacial score (nSPS) is 20.4. The van der Waals surface area contributed by atoms with E-state index in [0.29, 0.717) is 29.5 Å². The Hall–Kier alpha value is -2.32. The van der Waals surface area contributed by atoms with Crippen LogP contribution in [0.4, 0.5) is 10.7 Å². The first-order valence-corrected chi connectivity index (χ1v) is 11.8. The third-order valence-corrected chi connectivity index (χ3v) is 8.48. The van der Waals surface area contributed by atoms with Crippen molar-refractivity contribution >= 4 is 27.9 Å². The van der Waals surface area contributed by atoms with Gasteiger partial charge < -0.3 is 10.2 Å². The summed E-state index contributed by atoms with van der Waals surface area (Å²) in [4.78, 5) is 16.4. The minimum Gasteiger partial charge on any atom is -0.359 e. The van der Waals surface area contributed by atoms with Gasteiger partial charge in [-0.3, -0.25) is 4.79 Å². The van der Waals surface area contributed by atoms with Gasteiger partial charge in [0.25, 0.3) is 0 Å². The van der Waals surface area contributed by atoms with Crippen molar-refractivity contribution in [3.63, 3.8) is 0 Å². The highest BCUT2D eigenvalue weighted by Gasteiger charge is 2.34. The molecular weight excluding hydrogens is 390 g/mol. The van der Waals surface area contributed by atoms with Gasteiger partial charge in [0.05, 0.1) is 12.1 Å². The molecule has 1 aromatic carbocycles. The highest BCUT2D eigenvalue weighted by atomic mass is 32.1. The minimum atomic E-state index is -0.0425. The molecule has 1 aromatic heterocycles. The Morgan fingerprint density at radius 2 is 2.10 bits per heavy atom. The van der Waals surface area contributed by atoms with Crippen LogP contribution in [0.15, 0.2) is 24.3 Å². The van der Waals surface area contributed by atoms with Gasteiger partial charge in [0.15, 0.2) is 0 Å². The van der Waals surface area contributed by atoms with Crippen molar-refractivity contribution in [3.05, 3.63) is 45.8 Å². The molecular formula is C25H31N3OS. The van der Waals surface area contributed by atoms with Crippen LogP contribution in [0.25, 0.3) is 0 Å². The molecule has 0 saturated heterocycles. The molecule has 1 N–H and O–H groups in total. The smallest absolute Gasteiger partial charge is 0.244 e. The first-order valence-electron chi connectivity index (χ1n) is 11.0. The van der Waals surface area contributed by atoms with Gasteiger partial charge in [0.2, 0.25) is 5.91 Å². The highest BCUT2D eigenvalue weighted by molar-refractivity contribution is 7.16. The fourth-order valence-electron chi connectivity index (χ4n) is 4.94. The Labute approximate surface area is 183 Å². The average Bonchev–Trinajstić information content (AvgIpc) is 3.23. The number of fused-ring (bicyclic) bond motifs is 2. The molecule has 30 heavy (non-hydrogen) atoms. The van der Waals surface area contributed by atoms with E-state index in [1.54, 1.807) is 11.3 Å². The number of thiophene rings is 1. The van der Waals surface area contributed by atoms with E-state index in [9.17, 15) is 10.1 Å². The monoisotopic (exact) mass is 421 g/mol. The van der Waals surface area contributed by atoms with E-state index in [-0.39, 0.29) is 5.91 Å². The van der Waals surface area contributed by atoms with Gasteiger partial charge in [0.1, 0.15) is 11.1 Å². The Morgan fingerprint density at radius 1 is 1.33 bits per heavy atom. The number of nitriles is 1. The van der Waals surface area contributed by atoms with Crippen LogP contribution in [-0.2, 0) is 24.1 Å². The van der Waals surface area contributed by atoms with E-state index in [1.165, 1.54) is 16.0 Å². The lowest BCUT2D eigenvalue weighted by molar-refractivity contribution is -0.115. The molecule has 0 saturated carbocycles. The molecule has 0 fully saturated rings. The number of hydrogen-bond donors (Lipinski definition) is 1. The summed E-state index contributed by atoms with van der Waals surface area (Å²) in [6.07, 6.45) is 5.20. The standard InChI is InChI=1S/C25H31N3OS/c1-5-25(3,4)18-10-11-19-20(14-26)24(30-22(19)13-18)27-23(29)15-28-16(2)12-17-8-6-7-9-21(17)28/h6-9,16,18H,5,10-13,15H2,1-4H3,(H,27,29). The van der Waals surface area contributed by atoms with Crippen LogP contribution >= 0.6 is 11.3 Å². The zero-order chi connectivity index (χ0) is 21.5. The topological polar surface area (TPSA) is 56.1 Å². The molecule has 2 aliphatic rings. The lowest BCUT2D eigenvalue weighted by Gasteiger charge is -2.36. The number of benzene rings is 1. The second kappa shape index (κ2) is 8.07. The molecule has 0 radical (unpaired) electrons. The van der Waals surface area contributed by atoms with Crippen LogP contribution in [0.1, 0.15) is 62.1 Å². The Morgan fingerprint density at radius 3 is 2.83 bits per heavy atom. The Bertz CT molecular complexity index is 1000. The predicted octanol–water partition coefficient (Wildman–Crippen LogP) is 5.55. The van der Waals surface area contributed by atoms with Gasteiger partial charge in [-0.1, -0.05) is 45.4 Å². The first kappa shape index (κ1) is 20.9. The van der Waals surface area contributed by atoms with E-state index in [0.717, 1.165) is 42.8 Å². The van der Waals surface area contributed by atoms with Crippen LogP contribution in [0.2, 0.25) is 0 Å². The van der Waals surface area contributed by atoms with Gasteiger partial charge in [0, 0.05) is 16.6 Å². The quantitative estimate of drug-likeness (QED) is 0.688. The van der Waals surface area contributed by atoms with Crippen LogP contribution in [0.3, 0.4) is 0 Å². The summed E-state index contributed by atoms with van der Waals surface area (Å²) in [7, 11) is 0. The van der Waals surface area contributed by atoms with Crippen molar-refractivity contribution < 1.29 is 4.79 Å². The summed E-state index contributed by atoms with van der Waals surface area (Å²) >= 11 is 1.62. The van der Waals surface area contributed by atoms with Crippen molar-refractivity contribution in [2.24, 2.45) is 11.3 Å². The molecule has 0 bridgehead atoms. The maximum Gasteiger partial charge on any atom is 0.244 e. The number of nitrogens with one attached hydrogen (secondary N) is 1. The zero-order valence-electron chi connectivity index (χ0n) is 18.4. The van der Waals surface area contributed by atoms with Gasteiger partial charge in [-0.25, -0.2) is 0 Å². The second-order valence-corrected chi connectivity index (χ2v) is 10.6. The molecule has 0 spiro atoms. The van der Waals surface area contributed by atoms with Crippen LogP contribution in [-0.4, -0.2) is 18.5 Å². The maximum absolute atomic E-state index is 12.9. The number of amides is 1. The third kappa shape index (κ3) is 3.74. The molecule has 2 atom stereocenters.